The number of imidazole rings is 3. The Bertz CT molecular complexity index is 3920. The average Bonchev–Trinajstić information content (AvgIpc) is 2.77. The fourth-order valence-electron chi connectivity index (χ4n) is 10.2. The van der Waals surface area contributed by atoms with Crippen LogP contribution in [0.15, 0.2) is 79.9 Å². The van der Waals surface area contributed by atoms with Crippen LogP contribution in [0.5, 0.6) is 0 Å². The SMILES string of the molecule is CNc1cc(C(=O)Nc2cc(C(=O)Nc3cc(C(=O)Nc4cn(C)c(C(=O)NCCCC(=O)Cc5cc(C(=O)Cc6cn(C)c(C(=O)Cc7cn(C)c(C(=O)Cc8cc(C(=O)CCCCN(C)C)n(C)c8)n7)n6)n(C)c5)n4)n(C)c3)n(C)c2)n(C)c1. The summed E-state index contributed by atoms with van der Waals surface area (Å²) in [6.45, 7) is 1.07. The fraction of sp³-hybridized carbons (Fsp3) is 0.367. The molecule has 0 saturated carbocycles. The number of ketones is 5. The molecule has 0 radical (unpaired) electrons. The van der Waals surface area contributed by atoms with Crippen LogP contribution in [0.3, 0.4) is 0 Å². The first-order valence-corrected chi connectivity index (χ1v) is 27.9. The molecule has 8 rings (SSSR count). The second-order valence-corrected chi connectivity index (χ2v) is 21.9. The summed E-state index contributed by atoms with van der Waals surface area (Å²) in [5.74, 6) is -2.42. The van der Waals surface area contributed by atoms with E-state index >= 15 is 0 Å². The molecule has 0 bridgehead atoms. The summed E-state index contributed by atoms with van der Waals surface area (Å²) in [4.78, 5) is 135. The lowest BCUT2D eigenvalue weighted by Gasteiger charge is -2.08. The number of Topliss-reactive ketones (excluding diaryl/α,β-unsaturated/α-hetero) is 5. The molecule has 86 heavy (non-hydrogen) atoms. The second kappa shape index (κ2) is 26.7. The van der Waals surface area contributed by atoms with Crippen LogP contribution in [0.1, 0.15) is 139 Å². The van der Waals surface area contributed by atoms with Crippen LogP contribution in [-0.4, -0.2) is 143 Å². The van der Waals surface area contributed by atoms with Crippen molar-refractivity contribution in [2.45, 2.75) is 57.8 Å². The van der Waals surface area contributed by atoms with Crippen LogP contribution >= 0.6 is 0 Å². The van der Waals surface area contributed by atoms with Crippen LogP contribution in [0.25, 0.3) is 0 Å². The highest BCUT2D eigenvalue weighted by atomic mass is 16.2. The molecule has 0 atom stereocenters. The Balaban J connectivity index is 0.758. The lowest BCUT2D eigenvalue weighted by molar-refractivity contribution is -0.118. The molecular weight excluding hydrogens is 1100 g/mol. The first-order valence-electron chi connectivity index (χ1n) is 27.9. The molecule has 8 aromatic rings. The molecule has 0 aliphatic heterocycles. The van der Waals surface area contributed by atoms with Crippen molar-refractivity contribution in [3.05, 3.63) is 148 Å². The Morgan fingerprint density at radius 1 is 0.419 bits per heavy atom. The fourth-order valence-corrected chi connectivity index (χ4v) is 10.2. The van der Waals surface area contributed by atoms with Crippen molar-refractivity contribution in [1.29, 1.82) is 0 Å². The lowest BCUT2D eigenvalue weighted by atomic mass is 10.1. The van der Waals surface area contributed by atoms with E-state index in [0.29, 0.717) is 63.8 Å². The lowest BCUT2D eigenvalue weighted by Crippen LogP contribution is -2.27. The molecule has 26 nitrogen and oxygen atoms in total. The second-order valence-electron chi connectivity index (χ2n) is 21.9. The maximum Gasteiger partial charge on any atom is 0.287 e. The number of carbonyl (C=O) groups excluding carboxylic acids is 9. The van der Waals surface area contributed by atoms with Gasteiger partial charge >= 0.3 is 0 Å². The summed E-state index contributed by atoms with van der Waals surface area (Å²) in [5.41, 5.74) is 5.40. The third kappa shape index (κ3) is 15.0. The van der Waals surface area contributed by atoms with Gasteiger partial charge in [0, 0.05) is 145 Å². The van der Waals surface area contributed by atoms with Crippen LogP contribution in [0, 0.1) is 0 Å². The van der Waals surface area contributed by atoms with Gasteiger partial charge in [0.25, 0.3) is 23.6 Å². The average molecular weight is 1180 g/mol. The zero-order valence-corrected chi connectivity index (χ0v) is 50.3. The van der Waals surface area contributed by atoms with E-state index in [1.54, 1.807) is 158 Å². The number of aromatic nitrogens is 11. The van der Waals surface area contributed by atoms with Gasteiger partial charge in [0.2, 0.25) is 17.4 Å². The van der Waals surface area contributed by atoms with Gasteiger partial charge in [-0.1, -0.05) is 0 Å². The summed E-state index contributed by atoms with van der Waals surface area (Å²) < 4.78 is 12.8. The van der Waals surface area contributed by atoms with E-state index in [-0.39, 0.29) is 108 Å². The van der Waals surface area contributed by atoms with Crippen molar-refractivity contribution in [1.82, 2.24) is 61.7 Å². The number of unbranched alkanes of at least 4 members (excludes halogenated alkanes) is 1. The van der Waals surface area contributed by atoms with Crippen molar-refractivity contribution in [3.63, 3.8) is 0 Å². The smallest absolute Gasteiger partial charge is 0.287 e. The third-order valence-electron chi connectivity index (χ3n) is 14.5. The highest BCUT2D eigenvalue weighted by Crippen LogP contribution is 2.22. The molecule has 0 aliphatic rings. The van der Waals surface area contributed by atoms with Gasteiger partial charge in [-0.25, -0.2) is 15.0 Å². The van der Waals surface area contributed by atoms with Crippen molar-refractivity contribution in [2.24, 2.45) is 56.4 Å². The molecule has 8 aromatic heterocycles. The quantitative estimate of drug-likeness (QED) is 0.0308. The number of hydrogen-bond donors (Lipinski definition) is 5. The molecule has 0 unspecified atom stereocenters. The summed E-state index contributed by atoms with van der Waals surface area (Å²) in [7, 11) is 19.3. The van der Waals surface area contributed by atoms with E-state index in [4.69, 9.17) is 0 Å². The molecule has 0 aliphatic carbocycles. The number of carbonyl (C=O) groups is 9. The minimum atomic E-state index is -0.550. The van der Waals surface area contributed by atoms with E-state index in [1.165, 1.54) is 21.4 Å². The van der Waals surface area contributed by atoms with Gasteiger partial charge in [-0.15, -0.1) is 0 Å². The van der Waals surface area contributed by atoms with E-state index in [2.05, 4.69) is 46.4 Å². The van der Waals surface area contributed by atoms with Gasteiger partial charge in [0.05, 0.1) is 52.7 Å². The summed E-state index contributed by atoms with van der Waals surface area (Å²) in [5, 5.41) is 14.1. The Hall–Kier alpha value is -9.98. The first-order chi connectivity index (χ1) is 40.8. The van der Waals surface area contributed by atoms with Gasteiger partial charge < -0.3 is 68.0 Å². The van der Waals surface area contributed by atoms with Gasteiger partial charge in [0.1, 0.15) is 22.9 Å². The zero-order chi connectivity index (χ0) is 62.3. The molecule has 26 heteroatoms. The molecule has 4 amide bonds. The van der Waals surface area contributed by atoms with Crippen molar-refractivity contribution < 1.29 is 43.2 Å². The van der Waals surface area contributed by atoms with E-state index in [9.17, 15) is 43.2 Å². The third-order valence-corrected chi connectivity index (χ3v) is 14.5. The molecule has 452 valence electrons. The van der Waals surface area contributed by atoms with Crippen molar-refractivity contribution >= 4 is 75.4 Å². The van der Waals surface area contributed by atoms with Gasteiger partial charge in [-0.2, -0.15) is 0 Å². The summed E-state index contributed by atoms with van der Waals surface area (Å²) in [6.07, 6.45) is 15.6. The number of nitrogens with one attached hydrogen (secondary N) is 5. The number of nitrogens with zero attached hydrogens (tertiary/aromatic N) is 12. The van der Waals surface area contributed by atoms with Crippen LogP contribution in [-0.2, 0) is 86.9 Å². The zero-order valence-electron chi connectivity index (χ0n) is 50.3. The standard InChI is InChI=1S/C60H73N17O9/c1-61-38-23-46(72(6)30-38)57(83)65-39-24-47(73(7)31-39)58(84)66-40-25-48(74(8)32-40)59(85)68-53-35-77(11)56(67-53)60(86)62-17-14-15-43(78)19-36-20-45(71(5)28-36)50(80)26-41-33-76(10)55(63-41)52(82)27-42-34-75(9)54(64-42)51(81)22-37-21-44(70(4)29-37)49(79)16-12-13-18-69(2)3/h20-21,23-25,28-35,61H,12-19,22,26-27H2,1-11H3,(H,62,86)(H,65,83)(H,66,84)(H,68,85). The molecule has 8 heterocycles. The largest absolute Gasteiger partial charge is 0.387 e. The Morgan fingerprint density at radius 2 is 0.884 bits per heavy atom. The van der Waals surface area contributed by atoms with Crippen molar-refractivity contribution in [2.75, 3.05) is 55.5 Å². The molecular formula is C60H73N17O9. The minimum absolute atomic E-state index is 0.0195. The van der Waals surface area contributed by atoms with Gasteiger partial charge in [-0.3, -0.25) is 43.2 Å². The summed E-state index contributed by atoms with van der Waals surface area (Å²) >= 11 is 0. The predicted molar refractivity (Wildman–Crippen MR) is 321 cm³/mol. The first kappa shape index (κ1) is 62.1. The number of anilines is 4. The van der Waals surface area contributed by atoms with Crippen LogP contribution in [0.2, 0.25) is 0 Å². The van der Waals surface area contributed by atoms with E-state index in [1.807, 2.05) is 14.1 Å². The Labute approximate surface area is 496 Å². The number of aryl methyl sites for hydroxylation is 8. The van der Waals surface area contributed by atoms with Gasteiger partial charge in [0.15, 0.2) is 29.0 Å². The highest BCUT2D eigenvalue weighted by molar-refractivity contribution is 6.09. The molecule has 0 aromatic carbocycles. The molecule has 5 N–H and O–H groups in total. The molecule has 0 saturated heterocycles. The normalized spacial score (nSPS) is 11.3. The number of hydrogen-bond acceptors (Lipinski definition) is 14. The predicted octanol–water partition coefficient (Wildman–Crippen LogP) is 4.89. The highest BCUT2D eigenvalue weighted by Gasteiger charge is 2.25. The maximum absolute atomic E-state index is 13.6. The van der Waals surface area contributed by atoms with E-state index in [0.717, 1.165) is 25.1 Å². The van der Waals surface area contributed by atoms with Crippen LogP contribution in [0.4, 0.5) is 22.9 Å². The maximum atomic E-state index is 13.6. The monoisotopic (exact) mass is 1180 g/mol. The van der Waals surface area contributed by atoms with Crippen LogP contribution < -0.4 is 26.6 Å². The van der Waals surface area contributed by atoms with Crippen molar-refractivity contribution in [3.8, 4) is 0 Å². The molecule has 0 spiro atoms. The number of amides is 4. The summed E-state index contributed by atoms with van der Waals surface area (Å²) in [6, 6.07) is 8.16. The topological polar surface area (TPSA) is 295 Å². The van der Waals surface area contributed by atoms with Gasteiger partial charge in [-0.05, 0) is 81.4 Å². The number of rotatable bonds is 29. The molecule has 0 fully saturated rings. The minimum Gasteiger partial charge on any atom is -0.387 e. The Morgan fingerprint density at radius 3 is 1.42 bits per heavy atom. The Kier molecular flexibility index (Phi) is 19.3. The van der Waals surface area contributed by atoms with E-state index < -0.39 is 17.7 Å².